The maximum Gasteiger partial charge on any atom is 0.240 e. The minimum Gasteiger partial charge on any atom is -0.508 e. The lowest BCUT2D eigenvalue weighted by atomic mass is 10.2. The molecule has 0 aliphatic rings. The minimum atomic E-state index is -3.77. The molecule has 0 fully saturated rings. The molecule has 100 valence electrons. The first kappa shape index (κ1) is 13.5. The van der Waals surface area contributed by atoms with Crippen molar-refractivity contribution in [3.05, 3.63) is 59.9 Å². The maximum absolute atomic E-state index is 13.0. The van der Waals surface area contributed by atoms with Gasteiger partial charge in [0.05, 0.1) is 4.90 Å². The first-order valence-corrected chi connectivity index (χ1v) is 6.99. The van der Waals surface area contributed by atoms with Crippen molar-refractivity contribution in [1.29, 1.82) is 0 Å². The maximum atomic E-state index is 13.0. The van der Waals surface area contributed by atoms with E-state index in [2.05, 4.69) is 4.72 Å². The van der Waals surface area contributed by atoms with Gasteiger partial charge in [0.2, 0.25) is 10.0 Å². The second kappa shape index (κ2) is 5.38. The average Bonchev–Trinajstić information content (AvgIpc) is 2.37. The quantitative estimate of drug-likeness (QED) is 0.901. The molecule has 2 rings (SSSR count). The molecule has 0 saturated heterocycles. The third-order valence-electron chi connectivity index (χ3n) is 2.48. The Kier molecular flexibility index (Phi) is 3.82. The van der Waals surface area contributed by atoms with Crippen LogP contribution in [0.4, 0.5) is 4.39 Å². The van der Waals surface area contributed by atoms with E-state index in [1.807, 2.05) is 0 Å². The highest BCUT2D eigenvalue weighted by atomic mass is 32.2. The standard InChI is InChI=1S/C13H12FNO3S/c14-11-4-2-6-13(8-11)19(17,18)15-9-10-3-1-5-12(16)7-10/h1-8,15-16H,9H2. The first-order chi connectivity index (χ1) is 8.97. The van der Waals surface area contributed by atoms with Crippen molar-refractivity contribution in [2.45, 2.75) is 11.4 Å². The molecular weight excluding hydrogens is 269 g/mol. The fraction of sp³-hybridized carbons (Fsp3) is 0.0769. The molecule has 0 amide bonds. The van der Waals surface area contributed by atoms with Gasteiger partial charge < -0.3 is 5.11 Å². The van der Waals surface area contributed by atoms with E-state index >= 15 is 0 Å². The van der Waals surface area contributed by atoms with E-state index in [0.717, 1.165) is 6.07 Å². The zero-order chi connectivity index (χ0) is 13.9. The Balaban J connectivity index is 2.14. The highest BCUT2D eigenvalue weighted by molar-refractivity contribution is 7.89. The molecule has 4 nitrogen and oxygen atoms in total. The van der Waals surface area contributed by atoms with Crippen LogP contribution in [0.1, 0.15) is 5.56 Å². The van der Waals surface area contributed by atoms with E-state index in [9.17, 15) is 17.9 Å². The van der Waals surface area contributed by atoms with Crippen molar-refractivity contribution in [2.24, 2.45) is 0 Å². The number of sulfonamides is 1. The molecule has 6 heteroatoms. The van der Waals surface area contributed by atoms with Crippen LogP contribution in [0.25, 0.3) is 0 Å². The van der Waals surface area contributed by atoms with Crippen molar-refractivity contribution < 1.29 is 17.9 Å². The van der Waals surface area contributed by atoms with Gasteiger partial charge in [0.1, 0.15) is 11.6 Å². The highest BCUT2D eigenvalue weighted by Crippen LogP contribution is 2.13. The molecule has 19 heavy (non-hydrogen) atoms. The van der Waals surface area contributed by atoms with E-state index in [1.54, 1.807) is 12.1 Å². The Hall–Kier alpha value is -1.92. The SMILES string of the molecule is O=S(=O)(NCc1cccc(O)c1)c1cccc(F)c1. The van der Waals surface area contributed by atoms with E-state index in [0.29, 0.717) is 5.56 Å². The van der Waals surface area contributed by atoms with Crippen LogP contribution >= 0.6 is 0 Å². The summed E-state index contributed by atoms with van der Waals surface area (Å²) < 4.78 is 39.1. The molecule has 0 saturated carbocycles. The van der Waals surface area contributed by atoms with Gasteiger partial charge in [-0.3, -0.25) is 0 Å². The lowest BCUT2D eigenvalue weighted by molar-refractivity contribution is 0.474. The van der Waals surface area contributed by atoms with E-state index in [-0.39, 0.29) is 17.2 Å². The molecule has 0 aliphatic carbocycles. The summed E-state index contributed by atoms with van der Waals surface area (Å²) in [5.41, 5.74) is 0.611. The van der Waals surface area contributed by atoms with Crippen LogP contribution in [0.15, 0.2) is 53.4 Å². The second-order valence-corrected chi connectivity index (χ2v) is 5.72. The molecule has 0 heterocycles. The molecule has 0 aliphatic heterocycles. The molecule has 0 atom stereocenters. The molecule has 0 radical (unpaired) electrons. The van der Waals surface area contributed by atoms with Gasteiger partial charge in [-0.1, -0.05) is 18.2 Å². The van der Waals surface area contributed by atoms with Crippen LogP contribution in [0, 0.1) is 5.82 Å². The van der Waals surface area contributed by atoms with Crippen LogP contribution in [0.3, 0.4) is 0 Å². The summed E-state index contributed by atoms with van der Waals surface area (Å²) in [6.45, 7) is 0.0211. The minimum absolute atomic E-state index is 0.0211. The number of aromatic hydroxyl groups is 1. The van der Waals surface area contributed by atoms with Gasteiger partial charge in [0.15, 0.2) is 0 Å². The summed E-state index contributed by atoms with van der Waals surface area (Å²) in [6, 6.07) is 11.0. The molecule has 2 aromatic carbocycles. The fourth-order valence-corrected chi connectivity index (χ4v) is 2.61. The lowest BCUT2D eigenvalue weighted by Gasteiger charge is -2.07. The van der Waals surface area contributed by atoms with Gasteiger partial charge >= 0.3 is 0 Å². The number of hydrogen-bond acceptors (Lipinski definition) is 3. The Morgan fingerprint density at radius 2 is 1.84 bits per heavy atom. The normalized spacial score (nSPS) is 11.4. The van der Waals surface area contributed by atoms with Gasteiger partial charge in [0.25, 0.3) is 0 Å². The lowest BCUT2D eigenvalue weighted by Crippen LogP contribution is -2.23. The number of nitrogens with one attached hydrogen (secondary N) is 1. The largest absolute Gasteiger partial charge is 0.508 e. The number of phenolic OH excluding ortho intramolecular Hbond substituents is 1. The fourth-order valence-electron chi connectivity index (χ4n) is 1.56. The van der Waals surface area contributed by atoms with Crippen LogP contribution in [0.5, 0.6) is 5.75 Å². The first-order valence-electron chi connectivity index (χ1n) is 5.50. The van der Waals surface area contributed by atoms with Crippen LogP contribution < -0.4 is 4.72 Å². The number of phenols is 1. The van der Waals surface area contributed by atoms with Crippen molar-refractivity contribution in [3.8, 4) is 5.75 Å². The van der Waals surface area contributed by atoms with Gasteiger partial charge in [-0.05, 0) is 35.9 Å². The predicted octanol–water partition coefficient (Wildman–Crippen LogP) is 2.01. The second-order valence-electron chi connectivity index (χ2n) is 3.95. The van der Waals surface area contributed by atoms with Crippen LogP contribution in [0.2, 0.25) is 0 Å². The Labute approximate surface area is 110 Å². The van der Waals surface area contributed by atoms with Gasteiger partial charge in [0, 0.05) is 6.54 Å². The monoisotopic (exact) mass is 281 g/mol. The molecule has 2 N–H and O–H groups in total. The Morgan fingerprint density at radius 1 is 1.11 bits per heavy atom. The topological polar surface area (TPSA) is 66.4 Å². The summed E-state index contributed by atoms with van der Waals surface area (Å²) in [5.74, 6) is -0.553. The summed E-state index contributed by atoms with van der Waals surface area (Å²) in [4.78, 5) is -0.132. The average molecular weight is 281 g/mol. The summed E-state index contributed by atoms with van der Waals surface area (Å²) in [7, 11) is -3.77. The number of hydrogen-bond donors (Lipinski definition) is 2. The van der Waals surface area contributed by atoms with Gasteiger partial charge in [-0.15, -0.1) is 0 Å². The van der Waals surface area contributed by atoms with E-state index in [4.69, 9.17) is 0 Å². The highest BCUT2D eigenvalue weighted by Gasteiger charge is 2.14. The van der Waals surface area contributed by atoms with Gasteiger partial charge in [-0.2, -0.15) is 0 Å². The van der Waals surface area contributed by atoms with Crippen LogP contribution in [-0.4, -0.2) is 13.5 Å². The number of rotatable bonds is 4. The van der Waals surface area contributed by atoms with Crippen molar-refractivity contribution in [2.75, 3.05) is 0 Å². The molecule has 0 unspecified atom stereocenters. The number of halogens is 1. The zero-order valence-electron chi connectivity index (χ0n) is 9.88. The van der Waals surface area contributed by atoms with Crippen LogP contribution in [-0.2, 0) is 16.6 Å². The Morgan fingerprint density at radius 3 is 2.53 bits per heavy atom. The predicted molar refractivity (Wildman–Crippen MR) is 68.5 cm³/mol. The van der Waals surface area contributed by atoms with E-state index < -0.39 is 15.8 Å². The van der Waals surface area contributed by atoms with Gasteiger partial charge in [-0.25, -0.2) is 17.5 Å². The summed E-state index contributed by atoms with van der Waals surface area (Å²) in [6.07, 6.45) is 0. The summed E-state index contributed by atoms with van der Waals surface area (Å²) >= 11 is 0. The number of benzene rings is 2. The molecular formula is C13H12FNO3S. The zero-order valence-corrected chi connectivity index (χ0v) is 10.7. The van der Waals surface area contributed by atoms with Crippen molar-refractivity contribution in [3.63, 3.8) is 0 Å². The summed E-state index contributed by atoms with van der Waals surface area (Å²) in [5, 5.41) is 9.27. The van der Waals surface area contributed by atoms with Crippen molar-refractivity contribution in [1.82, 2.24) is 4.72 Å². The van der Waals surface area contributed by atoms with E-state index in [1.165, 1.54) is 30.3 Å². The third-order valence-corrected chi connectivity index (χ3v) is 3.88. The molecule has 2 aromatic rings. The molecule has 0 aromatic heterocycles. The molecule has 0 bridgehead atoms. The molecule has 0 spiro atoms. The third kappa shape index (κ3) is 3.52. The van der Waals surface area contributed by atoms with Crippen molar-refractivity contribution >= 4 is 10.0 Å². The smallest absolute Gasteiger partial charge is 0.240 e. The Bertz CT molecular complexity index is 686.